The molecule has 84 valence electrons. The smallest absolute Gasteiger partial charge is 0.307 e. The SMILES string of the molecule is N#Cc1c(C(F)F)ncc(CC(=O)O)c1N. The van der Waals surface area contributed by atoms with Crippen molar-refractivity contribution in [3.05, 3.63) is 23.0 Å². The summed E-state index contributed by atoms with van der Waals surface area (Å²) in [6.45, 7) is 0. The summed E-state index contributed by atoms with van der Waals surface area (Å²) in [5.74, 6) is -1.18. The van der Waals surface area contributed by atoms with Crippen LogP contribution in [0.2, 0.25) is 0 Å². The predicted octanol–water partition coefficient (Wildman–Crippen LogP) is 1.10. The van der Waals surface area contributed by atoms with Gasteiger partial charge in [0.2, 0.25) is 0 Å². The van der Waals surface area contributed by atoms with Crippen LogP contribution >= 0.6 is 0 Å². The van der Waals surface area contributed by atoms with Gasteiger partial charge in [-0.15, -0.1) is 0 Å². The lowest BCUT2D eigenvalue weighted by Gasteiger charge is -2.08. The Kier molecular flexibility index (Phi) is 3.35. The third-order valence-corrected chi connectivity index (χ3v) is 1.89. The van der Waals surface area contributed by atoms with E-state index in [0.717, 1.165) is 6.20 Å². The highest BCUT2D eigenvalue weighted by molar-refractivity contribution is 5.74. The molecule has 0 saturated carbocycles. The number of hydrogen-bond donors (Lipinski definition) is 2. The van der Waals surface area contributed by atoms with Crippen LogP contribution in [0.4, 0.5) is 14.5 Å². The highest BCUT2D eigenvalue weighted by atomic mass is 19.3. The first kappa shape index (κ1) is 11.8. The van der Waals surface area contributed by atoms with Gasteiger partial charge < -0.3 is 10.8 Å². The van der Waals surface area contributed by atoms with Gasteiger partial charge in [-0.3, -0.25) is 9.78 Å². The van der Waals surface area contributed by atoms with Crippen LogP contribution in [0.1, 0.15) is 23.2 Å². The Morgan fingerprint density at radius 1 is 1.69 bits per heavy atom. The average molecular weight is 227 g/mol. The minimum atomic E-state index is -2.92. The van der Waals surface area contributed by atoms with E-state index in [1.165, 1.54) is 6.07 Å². The lowest BCUT2D eigenvalue weighted by molar-refractivity contribution is -0.136. The maximum absolute atomic E-state index is 12.4. The average Bonchev–Trinajstić information content (AvgIpc) is 2.19. The quantitative estimate of drug-likeness (QED) is 0.805. The zero-order chi connectivity index (χ0) is 12.3. The van der Waals surface area contributed by atoms with E-state index in [-0.39, 0.29) is 11.3 Å². The van der Waals surface area contributed by atoms with Crippen LogP contribution in [-0.2, 0) is 11.2 Å². The highest BCUT2D eigenvalue weighted by Crippen LogP contribution is 2.26. The Labute approximate surface area is 89.1 Å². The van der Waals surface area contributed by atoms with Crippen LogP contribution in [0, 0.1) is 11.3 Å². The zero-order valence-corrected chi connectivity index (χ0v) is 7.94. The van der Waals surface area contributed by atoms with E-state index >= 15 is 0 Å². The van der Waals surface area contributed by atoms with Gasteiger partial charge in [0.05, 0.1) is 12.1 Å². The van der Waals surface area contributed by atoms with Crippen molar-refractivity contribution in [1.29, 1.82) is 5.26 Å². The van der Waals surface area contributed by atoms with Crippen LogP contribution in [0.25, 0.3) is 0 Å². The summed E-state index contributed by atoms with van der Waals surface area (Å²) in [5, 5.41) is 17.2. The molecule has 1 aromatic rings. The van der Waals surface area contributed by atoms with Crippen LogP contribution in [0.5, 0.6) is 0 Å². The number of carboxylic acid groups (broad SMARTS) is 1. The van der Waals surface area contributed by atoms with Crippen molar-refractivity contribution in [2.24, 2.45) is 0 Å². The first-order chi connectivity index (χ1) is 7.47. The summed E-state index contributed by atoms with van der Waals surface area (Å²) in [6, 6.07) is 1.50. The fourth-order valence-corrected chi connectivity index (χ4v) is 1.17. The maximum atomic E-state index is 12.4. The van der Waals surface area contributed by atoms with E-state index < -0.39 is 30.1 Å². The molecule has 0 aliphatic carbocycles. The van der Waals surface area contributed by atoms with Gasteiger partial charge in [0, 0.05) is 11.8 Å². The highest BCUT2D eigenvalue weighted by Gasteiger charge is 2.20. The number of carbonyl (C=O) groups is 1. The number of hydrogen-bond acceptors (Lipinski definition) is 4. The van der Waals surface area contributed by atoms with Crippen LogP contribution in [-0.4, -0.2) is 16.1 Å². The van der Waals surface area contributed by atoms with Crippen molar-refractivity contribution < 1.29 is 18.7 Å². The molecule has 0 radical (unpaired) electrons. The lowest BCUT2D eigenvalue weighted by atomic mass is 10.1. The molecule has 0 amide bonds. The first-order valence-electron chi connectivity index (χ1n) is 4.14. The van der Waals surface area contributed by atoms with Gasteiger partial charge in [-0.25, -0.2) is 8.78 Å². The van der Waals surface area contributed by atoms with E-state index in [1.54, 1.807) is 0 Å². The normalized spacial score (nSPS) is 10.1. The van der Waals surface area contributed by atoms with Crippen molar-refractivity contribution in [1.82, 2.24) is 4.98 Å². The number of alkyl halides is 2. The number of halogens is 2. The number of rotatable bonds is 3. The fraction of sp³-hybridized carbons (Fsp3) is 0.222. The van der Waals surface area contributed by atoms with Gasteiger partial charge in [-0.1, -0.05) is 0 Å². The topological polar surface area (TPSA) is 100 Å². The van der Waals surface area contributed by atoms with Crippen molar-refractivity contribution >= 4 is 11.7 Å². The van der Waals surface area contributed by atoms with E-state index in [4.69, 9.17) is 16.1 Å². The van der Waals surface area contributed by atoms with E-state index in [1.807, 2.05) is 0 Å². The van der Waals surface area contributed by atoms with Gasteiger partial charge in [-0.05, 0) is 0 Å². The molecule has 0 aliphatic rings. The molecule has 0 fully saturated rings. The molecule has 0 spiro atoms. The Morgan fingerprint density at radius 2 is 2.31 bits per heavy atom. The number of nitrogen functional groups attached to an aromatic ring is 1. The third kappa shape index (κ3) is 2.23. The number of aromatic nitrogens is 1. The zero-order valence-electron chi connectivity index (χ0n) is 7.94. The standard InChI is InChI=1S/C9H7F2N3O2/c10-9(11)8-5(2-12)7(13)4(3-14-8)1-6(15)16/h3,9H,1H2,(H2,13,14)(H,15,16). The molecular formula is C9H7F2N3O2. The van der Waals surface area contributed by atoms with Gasteiger partial charge in [0.1, 0.15) is 17.3 Å². The molecule has 0 bridgehead atoms. The number of nitrogens with zero attached hydrogens (tertiary/aromatic N) is 2. The number of nitriles is 1. The molecular weight excluding hydrogens is 220 g/mol. The molecule has 3 N–H and O–H groups in total. The lowest BCUT2D eigenvalue weighted by Crippen LogP contribution is -2.08. The molecule has 1 heterocycles. The minimum Gasteiger partial charge on any atom is -0.481 e. The molecule has 7 heteroatoms. The number of pyridine rings is 1. The second-order valence-electron chi connectivity index (χ2n) is 2.94. The van der Waals surface area contributed by atoms with Crippen molar-refractivity contribution in [3.8, 4) is 6.07 Å². The van der Waals surface area contributed by atoms with Crippen LogP contribution in [0.3, 0.4) is 0 Å². The predicted molar refractivity (Wildman–Crippen MR) is 49.7 cm³/mol. The third-order valence-electron chi connectivity index (χ3n) is 1.89. The summed E-state index contributed by atoms with van der Waals surface area (Å²) >= 11 is 0. The number of nitrogens with two attached hydrogens (primary N) is 1. The van der Waals surface area contributed by atoms with Gasteiger partial charge in [-0.2, -0.15) is 5.26 Å². The Balaban J connectivity index is 3.30. The molecule has 0 saturated heterocycles. The Morgan fingerprint density at radius 3 is 2.75 bits per heavy atom. The first-order valence-corrected chi connectivity index (χ1v) is 4.14. The summed E-state index contributed by atoms with van der Waals surface area (Å²) in [5.41, 5.74) is 4.02. The van der Waals surface area contributed by atoms with Gasteiger partial charge >= 0.3 is 5.97 Å². The van der Waals surface area contributed by atoms with Crippen molar-refractivity contribution in [2.45, 2.75) is 12.8 Å². The molecule has 16 heavy (non-hydrogen) atoms. The van der Waals surface area contributed by atoms with Crippen molar-refractivity contribution in [2.75, 3.05) is 5.73 Å². The van der Waals surface area contributed by atoms with E-state index in [2.05, 4.69) is 4.98 Å². The van der Waals surface area contributed by atoms with Gasteiger partial charge in [0.15, 0.2) is 0 Å². The fourth-order valence-electron chi connectivity index (χ4n) is 1.17. The van der Waals surface area contributed by atoms with E-state index in [0.29, 0.717) is 0 Å². The summed E-state index contributed by atoms with van der Waals surface area (Å²) in [6.07, 6.45) is -2.43. The number of anilines is 1. The summed E-state index contributed by atoms with van der Waals surface area (Å²) in [7, 11) is 0. The molecule has 1 rings (SSSR count). The molecule has 1 aromatic heterocycles. The summed E-state index contributed by atoms with van der Waals surface area (Å²) in [4.78, 5) is 13.8. The Hall–Kier alpha value is -2.23. The Bertz CT molecular complexity index is 469. The second-order valence-corrected chi connectivity index (χ2v) is 2.94. The van der Waals surface area contributed by atoms with Gasteiger partial charge in [0.25, 0.3) is 6.43 Å². The van der Waals surface area contributed by atoms with Crippen LogP contribution < -0.4 is 5.73 Å². The second kappa shape index (κ2) is 4.53. The monoisotopic (exact) mass is 227 g/mol. The molecule has 0 unspecified atom stereocenters. The molecule has 5 nitrogen and oxygen atoms in total. The number of aliphatic carboxylic acids is 1. The minimum absolute atomic E-state index is 0.0495. The molecule has 0 aromatic carbocycles. The van der Waals surface area contributed by atoms with E-state index in [9.17, 15) is 13.6 Å². The maximum Gasteiger partial charge on any atom is 0.307 e. The van der Waals surface area contributed by atoms with Crippen molar-refractivity contribution in [3.63, 3.8) is 0 Å². The largest absolute Gasteiger partial charge is 0.481 e. The van der Waals surface area contributed by atoms with Crippen LogP contribution in [0.15, 0.2) is 6.20 Å². The number of carboxylic acids is 1. The summed E-state index contributed by atoms with van der Waals surface area (Å²) < 4.78 is 24.8. The molecule has 0 aliphatic heterocycles. The molecule has 0 atom stereocenters.